The van der Waals surface area contributed by atoms with Gasteiger partial charge in [-0.2, -0.15) is 5.10 Å². The van der Waals surface area contributed by atoms with Crippen molar-refractivity contribution in [2.45, 2.75) is 45.1 Å². The second kappa shape index (κ2) is 5.32. The standard InChI is InChI=1S/C12H20BrN3/c1-9-12(13)11(16(2)15-9)5-3-4-8-14-10-6-7-10/h10,14H,3-8H2,1-2H3. The van der Waals surface area contributed by atoms with E-state index in [2.05, 4.69) is 26.3 Å². The average Bonchev–Trinajstić information content (AvgIpc) is 3.02. The minimum Gasteiger partial charge on any atom is -0.314 e. The highest BCUT2D eigenvalue weighted by Crippen LogP contribution is 2.22. The first-order valence-corrected chi connectivity index (χ1v) is 6.89. The van der Waals surface area contributed by atoms with Gasteiger partial charge >= 0.3 is 0 Å². The summed E-state index contributed by atoms with van der Waals surface area (Å²) in [6.07, 6.45) is 6.37. The highest BCUT2D eigenvalue weighted by Gasteiger charge is 2.19. The lowest BCUT2D eigenvalue weighted by atomic mass is 10.2. The molecule has 1 aromatic heterocycles. The third-order valence-electron chi connectivity index (χ3n) is 3.11. The van der Waals surface area contributed by atoms with Gasteiger partial charge in [-0.05, 0) is 61.5 Å². The van der Waals surface area contributed by atoms with Crippen LogP contribution in [-0.2, 0) is 13.5 Å². The van der Waals surface area contributed by atoms with E-state index in [-0.39, 0.29) is 0 Å². The second-order valence-electron chi connectivity index (χ2n) is 4.66. The Morgan fingerprint density at radius 2 is 2.19 bits per heavy atom. The van der Waals surface area contributed by atoms with E-state index in [1.807, 2.05) is 18.7 Å². The summed E-state index contributed by atoms with van der Waals surface area (Å²) in [5.74, 6) is 0. The monoisotopic (exact) mass is 285 g/mol. The van der Waals surface area contributed by atoms with E-state index in [0.717, 1.165) is 18.2 Å². The molecule has 90 valence electrons. The van der Waals surface area contributed by atoms with Crippen LogP contribution < -0.4 is 5.32 Å². The molecular formula is C12H20BrN3. The molecule has 0 spiro atoms. The van der Waals surface area contributed by atoms with Crippen LogP contribution in [0.25, 0.3) is 0 Å². The van der Waals surface area contributed by atoms with Crippen molar-refractivity contribution in [3.63, 3.8) is 0 Å². The predicted octanol–water partition coefficient (Wildman–Crippen LogP) is 2.57. The fourth-order valence-electron chi connectivity index (χ4n) is 1.96. The molecule has 1 fully saturated rings. The van der Waals surface area contributed by atoms with E-state index >= 15 is 0 Å². The first kappa shape index (κ1) is 12.1. The van der Waals surface area contributed by atoms with Crippen molar-refractivity contribution in [2.75, 3.05) is 6.54 Å². The largest absolute Gasteiger partial charge is 0.314 e. The van der Waals surface area contributed by atoms with Crippen molar-refractivity contribution in [3.05, 3.63) is 15.9 Å². The zero-order valence-electron chi connectivity index (χ0n) is 10.1. The average molecular weight is 286 g/mol. The smallest absolute Gasteiger partial charge is 0.0738 e. The van der Waals surface area contributed by atoms with Gasteiger partial charge in [0.25, 0.3) is 0 Å². The van der Waals surface area contributed by atoms with Crippen LogP contribution in [0.15, 0.2) is 4.47 Å². The summed E-state index contributed by atoms with van der Waals surface area (Å²) in [5.41, 5.74) is 2.41. The van der Waals surface area contributed by atoms with Gasteiger partial charge < -0.3 is 5.32 Å². The molecule has 4 heteroatoms. The number of halogens is 1. The molecular weight excluding hydrogens is 266 g/mol. The molecule has 0 unspecified atom stereocenters. The zero-order valence-corrected chi connectivity index (χ0v) is 11.7. The molecule has 0 aliphatic heterocycles. The first-order valence-electron chi connectivity index (χ1n) is 6.10. The normalized spacial score (nSPS) is 15.7. The molecule has 0 saturated heterocycles. The Hall–Kier alpha value is -0.350. The van der Waals surface area contributed by atoms with Crippen LogP contribution in [0, 0.1) is 6.92 Å². The molecule has 0 atom stereocenters. The minimum absolute atomic E-state index is 0.839. The number of unbranched alkanes of at least 4 members (excludes halogenated alkanes) is 1. The number of rotatable bonds is 6. The van der Waals surface area contributed by atoms with Crippen LogP contribution in [0.5, 0.6) is 0 Å². The maximum absolute atomic E-state index is 4.40. The van der Waals surface area contributed by atoms with Crippen LogP contribution >= 0.6 is 15.9 Å². The first-order chi connectivity index (χ1) is 7.68. The highest BCUT2D eigenvalue weighted by molar-refractivity contribution is 9.10. The minimum atomic E-state index is 0.839. The summed E-state index contributed by atoms with van der Waals surface area (Å²) in [5, 5.41) is 7.95. The highest BCUT2D eigenvalue weighted by atomic mass is 79.9. The molecule has 2 rings (SSSR count). The number of aromatic nitrogens is 2. The number of nitrogens with zero attached hydrogens (tertiary/aromatic N) is 2. The molecule has 0 amide bonds. The van der Waals surface area contributed by atoms with Crippen molar-refractivity contribution < 1.29 is 0 Å². The summed E-state index contributed by atoms with van der Waals surface area (Å²) in [6.45, 7) is 3.21. The van der Waals surface area contributed by atoms with E-state index in [9.17, 15) is 0 Å². The third kappa shape index (κ3) is 3.08. The molecule has 1 aromatic rings. The van der Waals surface area contributed by atoms with Gasteiger partial charge in [0.1, 0.15) is 0 Å². The van der Waals surface area contributed by atoms with E-state index < -0.39 is 0 Å². The lowest BCUT2D eigenvalue weighted by Gasteiger charge is -2.04. The molecule has 0 radical (unpaired) electrons. The van der Waals surface area contributed by atoms with Gasteiger partial charge in [0.15, 0.2) is 0 Å². The Bertz CT molecular complexity index is 355. The van der Waals surface area contributed by atoms with E-state index in [0.29, 0.717) is 0 Å². The molecule has 1 aliphatic carbocycles. The Balaban J connectivity index is 1.71. The lowest BCUT2D eigenvalue weighted by molar-refractivity contribution is 0.602. The summed E-state index contributed by atoms with van der Waals surface area (Å²) < 4.78 is 3.18. The van der Waals surface area contributed by atoms with Gasteiger partial charge in [0.2, 0.25) is 0 Å². The van der Waals surface area contributed by atoms with Crippen molar-refractivity contribution >= 4 is 15.9 Å². The van der Waals surface area contributed by atoms with Gasteiger partial charge in [0.05, 0.1) is 15.9 Å². The summed E-state index contributed by atoms with van der Waals surface area (Å²) in [7, 11) is 2.02. The van der Waals surface area contributed by atoms with E-state index in [4.69, 9.17) is 0 Å². The molecule has 0 bridgehead atoms. The molecule has 1 heterocycles. The zero-order chi connectivity index (χ0) is 11.5. The van der Waals surface area contributed by atoms with Gasteiger partial charge in [-0.1, -0.05) is 0 Å². The maximum Gasteiger partial charge on any atom is 0.0738 e. The van der Waals surface area contributed by atoms with Crippen LogP contribution in [0.3, 0.4) is 0 Å². The fraction of sp³-hybridized carbons (Fsp3) is 0.750. The van der Waals surface area contributed by atoms with Gasteiger partial charge in [-0.25, -0.2) is 0 Å². The number of nitrogens with one attached hydrogen (secondary N) is 1. The molecule has 0 aromatic carbocycles. The predicted molar refractivity (Wildman–Crippen MR) is 69.6 cm³/mol. The second-order valence-corrected chi connectivity index (χ2v) is 5.45. The Labute approximate surface area is 106 Å². The molecule has 3 nitrogen and oxygen atoms in total. The maximum atomic E-state index is 4.40. The number of hydrogen-bond donors (Lipinski definition) is 1. The van der Waals surface area contributed by atoms with Gasteiger partial charge in [0, 0.05) is 13.1 Å². The van der Waals surface area contributed by atoms with Crippen LogP contribution in [0.2, 0.25) is 0 Å². The number of hydrogen-bond acceptors (Lipinski definition) is 2. The van der Waals surface area contributed by atoms with Crippen molar-refractivity contribution in [3.8, 4) is 0 Å². The molecule has 1 N–H and O–H groups in total. The summed E-state index contributed by atoms with van der Waals surface area (Å²) >= 11 is 3.60. The topological polar surface area (TPSA) is 29.9 Å². The van der Waals surface area contributed by atoms with Gasteiger partial charge in [-0.15, -0.1) is 0 Å². The van der Waals surface area contributed by atoms with Crippen molar-refractivity contribution in [1.82, 2.24) is 15.1 Å². The molecule has 1 saturated carbocycles. The van der Waals surface area contributed by atoms with Crippen molar-refractivity contribution in [2.24, 2.45) is 7.05 Å². The van der Waals surface area contributed by atoms with E-state index in [1.54, 1.807) is 0 Å². The van der Waals surface area contributed by atoms with Crippen LogP contribution in [-0.4, -0.2) is 22.4 Å². The molecule has 16 heavy (non-hydrogen) atoms. The molecule has 1 aliphatic rings. The third-order valence-corrected chi connectivity index (χ3v) is 4.14. The Morgan fingerprint density at radius 3 is 2.75 bits per heavy atom. The number of aryl methyl sites for hydroxylation is 2. The fourth-order valence-corrected chi connectivity index (χ4v) is 2.50. The van der Waals surface area contributed by atoms with E-state index in [1.165, 1.54) is 42.4 Å². The van der Waals surface area contributed by atoms with Crippen LogP contribution in [0.1, 0.15) is 37.1 Å². The Kier molecular flexibility index (Phi) is 4.03. The van der Waals surface area contributed by atoms with Gasteiger partial charge in [-0.3, -0.25) is 4.68 Å². The Morgan fingerprint density at radius 1 is 1.44 bits per heavy atom. The quantitative estimate of drug-likeness (QED) is 0.815. The SMILES string of the molecule is Cc1nn(C)c(CCCCNC2CC2)c1Br. The van der Waals surface area contributed by atoms with Crippen LogP contribution in [0.4, 0.5) is 0 Å². The van der Waals surface area contributed by atoms with Crippen molar-refractivity contribution in [1.29, 1.82) is 0 Å². The lowest BCUT2D eigenvalue weighted by Crippen LogP contribution is -2.17. The summed E-state index contributed by atoms with van der Waals surface area (Å²) in [4.78, 5) is 0. The summed E-state index contributed by atoms with van der Waals surface area (Å²) in [6, 6.07) is 0.839.